The highest BCUT2D eigenvalue weighted by Gasteiger charge is 2.34. The number of ether oxygens (including phenoxy) is 1. The van der Waals surface area contributed by atoms with Crippen LogP contribution in [0.2, 0.25) is 0 Å². The summed E-state index contributed by atoms with van der Waals surface area (Å²) in [7, 11) is 0. The number of benzene rings is 2. The Morgan fingerprint density at radius 1 is 1.03 bits per heavy atom. The molecule has 2 amide bonds. The fourth-order valence-electron chi connectivity index (χ4n) is 3.75. The quantitative estimate of drug-likeness (QED) is 0.376. The lowest BCUT2D eigenvalue weighted by molar-refractivity contribution is 0.0525. The van der Waals surface area contributed by atoms with E-state index < -0.39 is 0 Å². The molecule has 1 aliphatic heterocycles. The molecule has 2 aromatic carbocycles. The molecule has 0 atom stereocenters. The predicted molar refractivity (Wildman–Crippen MR) is 109 cm³/mol. The van der Waals surface area contributed by atoms with Gasteiger partial charge in [-0.05, 0) is 62.1 Å². The Hall–Kier alpha value is -3.41. The predicted octanol–water partition coefficient (Wildman–Crippen LogP) is 3.96. The summed E-state index contributed by atoms with van der Waals surface area (Å²) < 4.78 is 5.08. The van der Waals surface area contributed by atoms with E-state index in [9.17, 15) is 14.4 Å². The Morgan fingerprint density at radius 2 is 1.76 bits per heavy atom. The summed E-state index contributed by atoms with van der Waals surface area (Å²) in [6.07, 6.45) is 4.27. The number of aromatic amines is 1. The van der Waals surface area contributed by atoms with Crippen molar-refractivity contribution < 1.29 is 19.1 Å². The Kier molecular flexibility index (Phi) is 5.16. The molecule has 0 unspecified atom stereocenters. The van der Waals surface area contributed by atoms with E-state index in [4.69, 9.17) is 4.74 Å². The molecule has 1 N–H and O–H groups in total. The SMILES string of the molecule is CCOC(=O)c1ccc2[nH]cc(CCCCN3C(=O)c4ccccc4C3=O)c2c1. The molecule has 4 rings (SSSR count). The third-order valence-electron chi connectivity index (χ3n) is 5.23. The summed E-state index contributed by atoms with van der Waals surface area (Å²) in [5.41, 5.74) is 3.58. The van der Waals surface area contributed by atoms with Crippen LogP contribution in [-0.4, -0.2) is 40.8 Å². The minimum atomic E-state index is -0.327. The van der Waals surface area contributed by atoms with Crippen molar-refractivity contribution >= 4 is 28.7 Å². The fourth-order valence-corrected chi connectivity index (χ4v) is 3.75. The van der Waals surface area contributed by atoms with Crippen molar-refractivity contribution in [3.05, 3.63) is 70.9 Å². The van der Waals surface area contributed by atoms with Gasteiger partial charge in [0.25, 0.3) is 11.8 Å². The van der Waals surface area contributed by atoms with Crippen LogP contribution in [0.4, 0.5) is 0 Å². The van der Waals surface area contributed by atoms with E-state index in [1.54, 1.807) is 37.3 Å². The van der Waals surface area contributed by atoms with Crippen LogP contribution in [0, 0.1) is 0 Å². The van der Waals surface area contributed by atoms with Crippen LogP contribution in [0.3, 0.4) is 0 Å². The van der Waals surface area contributed by atoms with Gasteiger partial charge in [-0.25, -0.2) is 4.79 Å². The van der Waals surface area contributed by atoms with Gasteiger partial charge in [0.05, 0.1) is 23.3 Å². The summed E-state index contributed by atoms with van der Waals surface area (Å²) in [6.45, 7) is 2.53. The van der Waals surface area contributed by atoms with E-state index >= 15 is 0 Å². The maximum Gasteiger partial charge on any atom is 0.338 e. The van der Waals surface area contributed by atoms with Crippen molar-refractivity contribution in [3.63, 3.8) is 0 Å². The molecular formula is C23H22N2O4. The molecular weight excluding hydrogens is 368 g/mol. The molecule has 148 valence electrons. The molecule has 0 radical (unpaired) electrons. The second-order valence-electron chi connectivity index (χ2n) is 7.06. The number of carbonyl (C=O) groups is 3. The number of hydrogen-bond acceptors (Lipinski definition) is 4. The summed E-state index contributed by atoms with van der Waals surface area (Å²) >= 11 is 0. The minimum Gasteiger partial charge on any atom is -0.462 e. The Balaban J connectivity index is 1.38. The number of unbranched alkanes of at least 4 members (excludes halogenated alkanes) is 1. The minimum absolute atomic E-state index is 0.211. The number of aromatic nitrogens is 1. The smallest absolute Gasteiger partial charge is 0.338 e. The van der Waals surface area contributed by atoms with E-state index in [0.717, 1.165) is 35.7 Å². The van der Waals surface area contributed by atoms with E-state index in [2.05, 4.69) is 4.98 Å². The van der Waals surface area contributed by atoms with Crippen LogP contribution in [0.5, 0.6) is 0 Å². The number of aryl methyl sites for hydroxylation is 1. The Morgan fingerprint density at radius 3 is 2.45 bits per heavy atom. The molecule has 1 aromatic heterocycles. The summed E-state index contributed by atoms with van der Waals surface area (Å²) in [5.74, 6) is -0.749. The van der Waals surface area contributed by atoms with Crippen molar-refractivity contribution in [2.45, 2.75) is 26.2 Å². The van der Waals surface area contributed by atoms with Crippen molar-refractivity contribution in [3.8, 4) is 0 Å². The van der Waals surface area contributed by atoms with Crippen molar-refractivity contribution in [2.24, 2.45) is 0 Å². The monoisotopic (exact) mass is 390 g/mol. The second-order valence-corrected chi connectivity index (χ2v) is 7.06. The lowest BCUT2D eigenvalue weighted by Crippen LogP contribution is -2.30. The molecule has 0 spiro atoms. The number of H-pyrrole nitrogens is 1. The lowest BCUT2D eigenvalue weighted by atomic mass is 10.0. The number of amides is 2. The standard InChI is InChI=1S/C23H22N2O4/c1-2-29-23(28)15-10-11-20-19(13-15)16(14-24-20)7-5-6-12-25-21(26)17-8-3-4-9-18(17)22(25)27/h3-4,8-11,13-14,24H,2,5-7,12H2,1H3. The first-order chi connectivity index (χ1) is 14.1. The highest BCUT2D eigenvalue weighted by atomic mass is 16.5. The highest BCUT2D eigenvalue weighted by molar-refractivity contribution is 6.21. The topological polar surface area (TPSA) is 79.5 Å². The van der Waals surface area contributed by atoms with E-state index in [1.807, 2.05) is 18.3 Å². The number of nitrogens with zero attached hydrogens (tertiary/aromatic N) is 1. The average molecular weight is 390 g/mol. The molecule has 0 fully saturated rings. The van der Waals surface area contributed by atoms with Crippen molar-refractivity contribution in [1.82, 2.24) is 9.88 Å². The third kappa shape index (κ3) is 3.53. The van der Waals surface area contributed by atoms with Gasteiger partial charge >= 0.3 is 5.97 Å². The summed E-state index contributed by atoms with van der Waals surface area (Å²) in [5, 5.41) is 0.997. The largest absolute Gasteiger partial charge is 0.462 e. The average Bonchev–Trinajstić information content (AvgIpc) is 3.25. The number of imide groups is 1. The normalized spacial score (nSPS) is 13.2. The highest BCUT2D eigenvalue weighted by Crippen LogP contribution is 2.24. The van der Waals surface area contributed by atoms with Crippen LogP contribution >= 0.6 is 0 Å². The van der Waals surface area contributed by atoms with E-state index in [-0.39, 0.29) is 17.8 Å². The van der Waals surface area contributed by atoms with Gasteiger partial charge in [0.15, 0.2) is 0 Å². The van der Waals surface area contributed by atoms with Crippen LogP contribution < -0.4 is 0 Å². The number of esters is 1. The zero-order valence-electron chi connectivity index (χ0n) is 16.2. The molecule has 2 heterocycles. The maximum absolute atomic E-state index is 12.4. The van der Waals surface area contributed by atoms with Crippen LogP contribution in [-0.2, 0) is 11.2 Å². The van der Waals surface area contributed by atoms with Gasteiger partial charge in [-0.1, -0.05) is 12.1 Å². The van der Waals surface area contributed by atoms with Gasteiger partial charge in [0.2, 0.25) is 0 Å². The second kappa shape index (κ2) is 7.91. The summed E-state index contributed by atoms with van der Waals surface area (Å²) in [6, 6.07) is 12.4. The molecule has 0 saturated carbocycles. The molecule has 0 aliphatic carbocycles. The van der Waals surface area contributed by atoms with Gasteiger partial charge in [-0.15, -0.1) is 0 Å². The van der Waals surface area contributed by atoms with Crippen molar-refractivity contribution in [2.75, 3.05) is 13.2 Å². The molecule has 3 aromatic rings. The number of rotatable bonds is 7. The van der Waals surface area contributed by atoms with E-state index in [1.165, 1.54) is 4.90 Å². The van der Waals surface area contributed by atoms with E-state index in [0.29, 0.717) is 29.8 Å². The first kappa shape index (κ1) is 18.9. The fraction of sp³-hybridized carbons (Fsp3) is 0.261. The van der Waals surface area contributed by atoms with Crippen molar-refractivity contribution in [1.29, 1.82) is 0 Å². The first-order valence-electron chi connectivity index (χ1n) is 9.82. The van der Waals surface area contributed by atoms with Gasteiger partial charge in [0, 0.05) is 23.6 Å². The van der Waals surface area contributed by atoms with Gasteiger partial charge in [0.1, 0.15) is 0 Å². The molecule has 1 aliphatic rings. The molecule has 0 saturated heterocycles. The van der Waals surface area contributed by atoms with Crippen LogP contribution in [0.25, 0.3) is 10.9 Å². The van der Waals surface area contributed by atoms with Gasteiger partial charge in [-0.3, -0.25) is 14.5 Å². The zero-order chi connectivity index (χ0) is 20.4. The summed E-state index contributed by atoms with van der Waals surface area (Å²) in [4.78, 5) is 41.4. The molecule has 0 bridgehead atoms. The van der Waals surface area contributed by atoms with Crippen LogP contribution in [0.15, 0.2) is 48.7 Å². The number of fused-ring (bicyclic) bond motifs is 2. The number of carbonyl (C=O) groups excluding carboxylic acids is 3. The number of hydrogen-bond donors (Lipinski definition) is 1. The lowest BCUT2D eigenvalue weighted by Gasteiger charge is -2.13. The maximum atomic E-state index is 12.4. The number of nitrogens with one attached hydrogen (secondary N) is 1. The first-order valence-corrected chi connectivity index (χ1v) is 9.82. The molecule has 6 heteroatoms. The molecule has 6 nitrogen and oxygen atoms in total. The van der Waals surface area contributed by atoms with Gasteiger partial charge in [-0.2, -0.15) is 0 Å². The third-order valence-corrected chi connectivity index (χ3v) is 5.23. The van der Waals surface area contributed by atoms with Gasteiger partial charge < -0.3 is 9.72 Å². The Labute approximate surface area is 168 Å². The molecule has 29 heavy (non-hydrogen) atoms. The Bertz CT molecular complexity index is 1060. The zero-order valence-corrected chi connectivity index (χ0v) is 16.2. The van der Waals surface area contributed by atoms with Crippen LogP contribution in [0.1, 0.15) is 56.4 Å².